The molecule has 20 heavy (non-hydrogen) atoms. The summed E-state index contributed by atoms with van der Waals surface area (Å²) in [6.45, 7) is -1.47. The summed E-state index contributed by atoms with van der Waals surface area (Å²) >= 11 is 0. The summed E-state index contributed by atoms with van der Waals surface area (Å²) in [4.78, 5) is 25.0. The van der Waals surface area contributed by atoms with Crippen LogP contribution >= 0.6 is 0 Å². The van der Waals surface area contributed by atoms with Crippen molar-refractivity contribution in [1.82, 2.24) is 9.80 Å². The maximum Gasteiger partial charge on any atom is 0.406 e. The Labute approximate surface area is 116 Å². The van der Waals surface area contributed by atoms with Crippen molar-refractivity contribution in [2.75, 3.05) is 33.7 Å². The molecule has 0 aliphatic rings. The van der Waals surface area contributed by atoms with Crippen LogP contribution in [-0.2, 0) is 9.59 Å². The van der Waals surface area contributed by atoms with Crippen LogP contribution in [-0.4, -0.2) is 61.5 Å². The molecule has 0 aromatic carbocycles. The molecule has 0 aliphatic carbocycles. The quantitative estimate of drug-likeness (QED) is 0.679. The fraction of sp³-hybridized carbons (Fsp3) is 0.833. The molecule has 0 saturated heterocycles. The summed E-state index contributed by atoms with van der Waals surface area (Å²) in [5.41, 5.74) is 5.29. The molecular formula is C12H22F3N3O2. The Morgan fingerprint density at radius 1 is 1.05 bits per heavy atom. The number of nitrogens with two attached hydrogens (primary N) is 1. The number of amides is 2. The van der Waals surface area contributed by atoms with Gasteiger partial charge in [0.15, 0.2) is 0 Å². The van der Waals surface area contributed by atoms with Gasteiger partial charge >= 0.3 is 6.18 Å². The van der Waals surface area contributed by atoms with E-state index in [2.05, 4.69) is 0 Å². The van der Waals surface area contributed by atoms with Crippen molar-refractivity contribution in [2.24, 2.45) is 5.73 Å². The van der Waals surface area contributed by atoms with E-state index in [1.165, 1.54) is 14.1 Å². The third-order valence-electron chi connectivity index (χ3n) is 2.64. The second kappa shape index (κ2) is 8.78. The van der Waals surface area contributed by atoms with E-state index >= 15 is 0 Å². The molecule has 5 nitrogen and oxygen atoms in total. The summed E-state index contributed by atoms with van der Waals surface area (Å²) in [6.07, 6.45) is -2.64. The number of hydrogen-bond donors (Lipinski definition) is 1. The number of nitrogens with zero attached hydrogens (tertiary/aromatic N) is 2. The van der Waals surface area contributed by atoms with Gasteiger partial charge in [0.1, 0.15) is 13.1 Å². The minimum absolute atomic E-state index is 0.00319. The summed E-state index contributed by atoms with van der Waals surface area (Å²) in [6, 6.07) is 0. The van der Waals surface area contributed by atoms with Gasteiger partial charge < -0.3 is 15.5 Å². The Bertz CT molecular complexity index is 320. The normalized spacial score (nSPS) is 11.3. The highest BCUT2D eigenvalue weighted by atomic mass is 19.4. The lowest BCUT2D eigenvalue weighted by Gasteiger charge is -2.25. The van der Waals surface area contributed by atoms with Gasteiger partial charge in [-0.25, -0.2) is 0 Å². The van der Waals surface area contributed by atoms with Crippen LogP contribution < -0.4 is 5.73 Å². The number of carbonyl (C=O) groups is 2. The number of halogens is 3. The van der Waals surface area contributed by atoms with Gasteiger partial charge in [-0.05, 0) is 19.4 Å². The fourth-order valence-corrected chi connectivity index (χ4v) is 1.51. The van der Waals surface area contributed by atoms with Crippen LogP contribution in [0.1, 0.15) is 25.7 Å². The zero-order chi connectivity index (χ0) is 15.8. The summed E-state index contributed by atoms with van der Waals surface area (Å²) in [5.74, 6) is -1.20. The zero-order valence-electron chi connectivity index (χ0n) is 11.9. The number of alkyl halides is 3. The van der Waals surface area contributed by atoms with Gasteiger partial charge in [0.05, 0.1) is 0 Å². The van der Waals surface area contributed by atoms with Crippen molar-refractivity contribution >= 4 is 11.8 Å². The number of rotatable bonds is 8. The van der Waals surface area contributed by atoms with Gasteiger partial charge in [-0.2, -0.15) is 13.2 Å². The van der Waals surface area contributed by atoms with Gasteiger partial charge in [0.2, 0.25) is 11.8 Å². The molecule has 0 aromatic rings. The molecule has 0 fully saturated rings. The predicted molar refractivity (Wildman–Crippen MR) is 68.9 cm³/mol. The molecule has 118 valence electrons. The van der Waals surface area contributed by atoms with Crippen molar-refractivity contribution in [3.63, 3.8) is 0 Å². The van der Waals surface area contributed by atoms with E-state index in [1.54, 1.807) is 0 Å². The number of carbonyl (C=O) groups excluding carboxylic acids is 2. The summed E-state index contributed by atoms with van der Waals surface area (Å²) < 4.78 is 37.3. The van der Waals surface area contributed by atoms with E-state index in [1.807, 2.05) is 0 Å². The highest BCUT2D eigenvalue weighted by Crippen LogP contribution is 2.17. The highest BCUT2D eigenvalue weighted by molar-refractivity contribution is 5.84. The molecule has 0 bridgehead atoms. The van der Waals surface area contributed by atoms with E-state index in [0.717, 1.165) is 11.3 Å². The number of unbranched alkanes of at least 4 members (excludes halogenated alkanes) is 2. The first-order chi connectivity index (χ1) is 9.17. The fourth-order valence-electron chi connectivity index (χ4n) is 1.51. The zero-order valence-corrected chi connectivity index (χ0v) is 11.9. The average Bonchev–Trinajstić information content (AvgIpc) is 2.31. The molecule has 0 spiro atoms. The van der Waals surface area contributed by atoms with Crippen molar-refractivity contribution in [1.29, 1.82) is 0 Å². The lowest BCUT2D eigenvalue weighted by molar-refractivity contribution is -0.164. The van der Waals surface area contributed by atoms with Gasteiger partial charge in [0, 0.05) is 20.5 Å². The van der Waals surface area contributed by atoms with Crippen LogP contribution in [0.5, 0.6) is 0 Å². The predicted octanol–water partition coefficient (Wildman–Crippen LogP) is 0.985. The van der Waals surface area contributed by atoms with Gasteiger partial charge in [-0.3, -0.25) is 9.59 Å². The molecule has 0 saturated carbocycles. The summed E-state index contributed by atoms with van der Waals surface area (Å²) in [7, 11) is 2.86. The van der Waals surface area contributed by atoms with Crippen LogP contribution in [0.4, 0.5) is 13.2 Å². The minimum Gasteiger partial charge on any atom is -0.347 e. The highest BCUT2D eigenvalue weighted by Gasteiger charge is 2.33. The molecule has 0 rings (SSSR count). The standard InChI is InChI=1S/C12H22F3N3O2/c1-17(2)11(20)8-18(9-12(13,14)15)10(19)6-4-3-5-7-16/h3-9,16H2,1-2H3. The molecule has 0 heterocycles. The Hall–Kier alpha value is -1.31. The first kappa shape index (κ1) is 18.7. The monoisotopic (exact) mass is 297 g/mol. The van der Waals surface area contributed by atoms with Crippen LogP contribution in [0.15, 0.2) is 0 Å². The topological polar surface area (TPSA) is 66.6 Å². The smallest absolute Gasteiger partial charge is 0.347 e. The molecule has 8 heteroatoms. The van der Waals surface area contributed by atoms with E-state index in [4.69, 9.17) is 5.73 Å². The van der Waals surface area contributed by atoms with Crippen molar-refractivity contribution in [3.05, 3.63) is 0 Å². The number of likely N-dealkylation sites (N-methyl/N-ethyl adjacent to an activating group) is 1. The van der Waals surface area contributed by atoms with Gasteiger partial charge in [-0.1, -0.05) is 6.42 Å². The van der Waals surface area contributed by atoms with Crippen molar-refractivity contribution in [2.45, 2.75) is 31.9 Å². The van der Waals surface area contributed by atoms with E-state index in [-0.39, 0.29) is 6.42 Å². The average molecular weight is 297 g/mol. The van der Waals surface area contributed by atoms with Crippen LogP contribution in [0, 0.1) is 0 Å². The molecule has 2 N–H and O–H groups in total. The second-order valence-electron chi connectivity index (χ2n) is 4.75. The van der Waals surface area contributed by atoms with Gasteiger partial charge in [0.25, 0.3) is 0 Å². The molecule has 2 amide bonds. The van der Waals surface area contributed by atoms with Crippen molar-refractivity contribution < 1.29 is 22.8 Å². The van der Waals surface area contributed by atoms with Gasteiger partial charge in [-0.15, -0.1) is 0 Å². The Kier molecular flexibility index (Phi) is 8.21. The Morgan fingerprint density at radius 3 is 2.10 bits per heavy atom. The molecule has 0 radical (unpaired) electrons. The van der Waals surface area contributed by atoms with Crippen LogP contribution in [0.2, 0.25) is 0 Å². The van der Waals surface area contributed by atoms with E-state index < -0.39 is 31.1 Å². The van der Waals surface area contributed by atoms with E-state index in [9.17, 15) is 22.8 Å². The molecule has 0 aliphatic heterocycles. The van der Waals surface area contributed by atoms with Crippen molar-refractivity contribution in [3.8, 4) is 0 Å². The minimum atomic E-state index is -4.51. The molecular weight excluding hydrogens is 275 g/mol. The summed E-state index contributed by atoms with van der Waals surface area (Å²) in [5, 5.41) is 0. The van der Waals surface area contributed by atoms with E-state index in [0.29, 0.717) is 24.3 Å². The third-order valence-corrected chi connectivity index (χ3v) is 2.64. The molecule has 0 atom stereocenters. The largest absolute Gasteiger partial charge is 0.406 e. The number of hydrogen-bond acceptors (Lipinski definition) is 3. The maximum atomic E-state index is 12.4. The second-order valence-corrected chi connectivity index (χ2v) is 4.75. The lowest BCUT2D eigenvalue weighted by Crippen LogP contribution is -2.44. The Balaban J connectivity index is 4.50. The SMILES string of the molecule is CN(C)C(=O)CN(CC(F)(F)F)C(=O)CCCCCN. The Morgan fingerprint density at radius 2 is 1.65 bits per heavy atom. The first-order valence-corrected chi connectivity index (χ1v) is 6.42. The molecule has 0 unspecified atom stereocenters. The maximum absolute atomic E-state index is 12.4. The van der Waals surface area contributed by atoms with Crippen LogP contribution in [0.3, 0.4) is 0 Å². The lowest BCUT2D eigenvalue weighted by atomic mass is 10.2. The first-order valence-electron chi connectivity index (χ1n) is 6.42. The molecule has 0 aromatic heterocycles. The van der Waals surface area contributed by atoms with Crippen LogP contribution in [0.25, 0.3) is 0 Å². The third kappa shape index (κ3) is 8.73.